The van der Waals surface area contributed by atoms with E-state index in [-0.39, 0.29) is 24.0 Å². The molecule has 4 aromatic carbocycles. The molecule has 6 rings (SSSR count). The summed E-state index contributed by atoms with van der Waals surface area (Å²) in [5.41, 5.74) is 8.37. The first-order chi connectivity index (χ1) is 20.7. The third-order valence-corrected chi connectivity index (χ3v) is 6.99. The molecule has 218 valence electrons. The fourth-order valence-corrected chi connectivity index (χ4v) is 5.09. The number of hydrogen-bond acceptors (Lipinski definition) is 6. The number of carboxylic acid groups (broad SMARTS) is 1. The monoisotopic (exact) mass is 576 g/mol. The van der Waals surface area contributed by atoms with Crippen molar-refractivity contribution in [2.45, 2.75) is 26.4 Å². The molecule has 9 nitrogen and oxygen atoms in total. The standard InChI is InChI=1S/C25H25N3O.C9H7NO4/c1-18(24-22-10-6-7-11-23(22)27-25(24)29)26-21-14-12-20(13-15-21)17-28(2)16-19-8-4-3-5-9-19;11-8-4-5-3-6(14-9(12)13)1-2-7(5)10-8/h3-15,26H,16-17H2,1-2H3,(H,27,29);1-3H,4H2,(H,10,11)(H,12,13)/b24-18-;. The van der Waals surface area contributed by atoms with Gasteiger partial charge in [-0.2, -0.15) is 0 Å². The quantitative estimate of drug-likeness (QED) is 0.115. The Balaban J connectivity index is 0.000000220. The van der Waals surface area contributed by atoms with Gasteiger partial charge in [0.15, 0.2) is 0 Å². The van der Waals surface area contributed by atoms with Crippen molar-refractivity contribution in [2.24, 2.45) is 0 Å². The maximum absolute atomic E-state index is 12.4. The van der Waals surface area contributed by atoms with E-state index in [1.807, 2.05) is 37.3 Å². The van der Waals surface area contributed by atoms with Crippen LogP contribution in [0.25, 0.3) is 5.57 Å². The number of nitrogens with zero attached hydrogens (tertiary/aromatic N) is 1. The van der Waals surface area contributed by atoms with E-state index in [0.717, 1.165) is 41.3 Å². The lowest BCUT2D eigenvalue weighted by atomic mass is 10.1. The molecule has 0 atom stereocenters. The average Bonchev–Trinajstić information content (AvgIpc) is 3.52. The minimum Gasteiger partial charge on any atom is -0.449 e. The predicted octanol–water partition coefficient (Wildman–Crippen LogP) is 6.35. The highest BCUT2D eigenvalue weighted by molar-refractivity contribution is 6.32. The van der Waals surface area contributed by atoms with Crippen LogP contribution in [0.15, 0.2) is 103 Å². The van der Waals surface area contributed by atoms with Crippen LogP contribution in [0.2, 0.25) is 0 Å². The van der Waals surface area contributed by atoms with Crippen LogP contribution in [0.4, 0.5) is 21.9 Å². The number of nitrogens with one attached hydrogen (secondary N) is 3. The predicted molar refractivity (Wildman–Crippen MR) is 167 cm³/mol. The Morgan fingerprint density at radius 2 is 1.53 bits per heavy atom. The van der Waals surface area contributed by atoms with Crippen molar-refractivity contribution in [1.82, 2.24) is 4.90 Å². The number of para-hydroxylation sites is 1. The van der Waals surface area contributed by atoms with Crippen molar-refractivity contribution in [3.05, 3.63) is 125 Å². The highest BCUT2D eigenvalue weighted by Crippen LogP contribution is 2.33. The van der Waals surface area contributed by atoms with Gasteiger partial charge in [-0.05, 0) is 67.1 Å². The summed E-state index contributed by atoms with van der Waals surface area (Å²) in [4.78, 5) is 35.9. The molecule has 0 saturated heterocycles. The van der Waals surface area contributed by atoms with Crippen molar-refractivity contribution in [2.75, 3.05) is 23.0 Å². The number of allylic oxidation sites excluding steroid dienone is 1. The third kappa shape index (κ3) is 7.46. The number of ether oxygens (including phenoxy) is 1. The Bertz CT molecular complexity index is 1680. The molecule has 0 unspecified atom stereocenters. The van der Waals surface area contributed by atoms with E-state index < -0.39 is 6.16 Å². The van der Waals surface area contributed by atoms with E-state index in [9.17, 15) is 14.4 Å². The fraction of sp³-hybridized carbons (Fsp3) is 0.147. The van der Waals surface area contributed by atoms with E-state index >= 15 is 0 Å². The minimum atomic E-state index is -1.36. The topological polar surface area (TPSA) is 120 Å². The fourth-order valence-electron chi connectivity index (χ4n) is 5.09. The molecule has 0 spiro atoms. The van der Waals surface area contributed by atoms with E-state index in [2.05, 4.69) is 81.2 Å². The molecule has 0 aliphatic carbocycles. The molecule has 9 heteroatoms. The molecule has 0 radical (unpaired) electrons. The molecule has 4 N–H and O–H groups in total. The van der Waals surface area contributed by atoms with Gasteiger partial charge in [-0.3, -0.25) is 14.5 Å². The molecule has 2 aliphatic heterocycles. The Morgan fingerprint density at radius 1 is 0.860 bits per heavy atom. The molecule has 0 bridgehead atoms. The van der Waals surface area contributed by atoms with Gasteiger partial charge in [0.2, 0.25) is 5.91 Å². The second kappa shape index (κ2) is 13.1. The first-order valence-corrected chi connectivity index (χ1v) is 13.8. The van der Waals surface area contributed by atoms with Gasteiger partial charge >= 0.3 is 6.16 Å². The van der Waals surface area contributed by atoms with Gasteiger partial charge in [-0.1, -0.05) is 60.7 Å². The van der Waals surface area contributed by atoms with Crippen molar-refractivity contribution in [3.8, 4) is 5.75 Å². The first-order valence-electron chi connectivity index (χ1n) is 13.8. The Kier molecular flexibility index (Phi) is 8.83. The molecular formula is C34H32N4O5. The zero-order chi connectivity index (χ0) is 30.3. The summed E-state index contributed by atoms with van der Waals surface area (Å²) in [6.07, 6.45) is -1.09. The van der Waals surface area contributed by atoms with Crippen LogP contribution in [0, 0.1) is 0 Å². The summed E-state index contributed by atoms with van der Waals surface area (Å²) < 4.78 is 4.45. The lowest BCUT2D eigenvalue weighted by Crippen LogP contribution is -2.17. The van der Waals surface area contributed by atoms with Crippen LogP contribution < -0.4 is 20.7 Å². The molecule has 2 aliphatic rings. The number of carbonyl (C=O) groups is 3. The summed E-state index contributed by atoms with van der Waals surface area (Å²) in [6.45, 7) is 3.74. The van der Waals surface area contributed by atoms with Gasteiger partial charge in [0.1, 0.15) is 5.75 Å². The van der Waals surface area contributed by atoms with Crippen LogP contribution in [-0.2, 0) is 29.1 Å². The summed E-state index contributed by atoms with van der Waals surface area (Å²) >= 11 is 0. The molecular weight excluding hydrogens is 544 g/mol. The number of rotatable bonds is 7. The van der Waals surface area contributed by atoms with Gasteiger partial charge in [0, 0.05) is 41.4 Å². The van der Waals surface area contributed by atoms with Crippen molar-refractivity contribution < 1.29 is 24.2 Å². The van der Waals surface area contributed by atoms with E-state index in [4.69, 9.17) is 5.11 Å². The molecule has 43 heavy (non-hydrogen) atoms. The Labute approximate surface area is 249 Å². The number of fused-ring (bicyclic) bond motifs is 2. The zero-order valence-electron chi connectivity index (χ0n) is 23.9. The van der Waals surface area contributed by atoms with Gasteiger partial charge in [0.25, 0.3) is 5.91 Å². The summed E-state index contributed by atoms with van der Waals surface area (Å²) in [5.74, 6) is 0.0792. The second-order valence-electron chi connectivity index (χ2n) is 10.4. The second-order valence-corrected chi connectivity index (χ2v) is 10.4. The Hall–Kier alpha value is -5.41. The first kappa shape index (κ1) is 29.1. The van der Waals surface area contributed by atoms with Gasteiger partial charge < -0.3 is 25.8 Å². The lowest BCUT2D eigenvalue weighted by molar-refractivity contribution is -0.115. The van der Waals surface area contributed by atoms with Crippen LogP contribution in [0.1, 0.15) is 29.2 Å². The van der Waals surface area contributed by atoms with Crippen molar-refractivity contribution in [3.63, 3.8) is 0 Å². The van der Waals surface area contributed by atoms with E-state index in [0.29, 0.717) is 11.3 Å². The maximum Gasteiger partial charge on any atom is 0.511 e. The average molecular weight is 577 g/mol. The third-order valence-electron chi connectivity index (χ3n) is 6.99. The van der Waals surface area contributed by atoms with Gasteiger partial charge in [-0.15, -0.1) is 0 Å². The molecule has 2 amide bonds. The molecule has 0 aromatic heterocycles. The van der Waals surface area contributed by atoms with Crippen LogP contribution in [0.3, 0.4) is 0 Å². The summed E-state index contributed by atoms with van der Waals surface area (Å²) in [5, 5.41) is 17.3. The van der Waals surface area contributed by atoms with Gasteiger partial charge in [-0.25, -0.2) is 4.79 Å². The highest BCUT2D eigenvalue weighted by atomic mass is 16.7. The number of anilines is 3. The van der Waals surface area contributed by atoms with E-state index in [1.54, 1.807) is 12.1 Å². The molecule has 4 aromatic rings. The number of benzene rings is 4. The summed E-state index contributed by atoms with van der Waals surface area (Å²) in [6, 6.07) is 31.3. The van der Waals surface area contributed by atoms with Crippen molar-refractivity contribution in [1.29, 1.82) is 0 Å². The van der Waals surface area contributed by atoms with Crippen LogP contribution in [-0.4, -0.2) is 35.0 Å². The van der Waals surface area contributed by atoms with Gasteiger partial charge in [0.05, 0.1) is 12.0 Å². The smallest absolute Gasteiger partial charge is 0.449 e. The Morgan fingerprint density at radius 3 is 2.26 bits per heavy atom. The van der Waals surface area contributed by atoms with Crippen LogP contribution >= 0.6 is 0 Å². The maximum atomic E-state index is 12.4. The lowest BCUT2D eigenvalue weighted by Gasteiger charge is -2.17. The molecule has 0 fully saturated rings. The SMILES string of the molecule is C/C(Nc1ccc(CN(C)Cc2ccccc2)cc1)=C1/C(=O)Nc2ccccc21.O=C1Cc2cc(OC(=O)O)ccc2N1. The summed E-state index contributed by atoms with van der Waals surface area (Å²) in [7, 11) is 2.13. The highest BCUT2D eigenvalue weighted by Gasteiger charge is 2.25. The zero-order valence-corrected chi connectivity index (χ0v) is 23.9. The largest absolute Gasteiger partial charge is 0.511 e. The van der Waals surface area contributed by atoms with Crippen molar-refractivity contribution >= 4 is 40.6 Å². The number of carbonyl (C=O) groups excluding carboxylic acids is 2. The minimum absolute atomic E-state index is 0.0599. The van der Waals surface area contributed by atoms with Crippen LogP contribution in [0.5, 0.6) is 5.75 Å². The van der Waals surface area contributed by atoms with E-state index in [1.165, 1.54) is 17.2 Å². The number of hydrogen-bond donors (Lipinski definition) is 4. The number of amides is 2. The normalized spacial score (nSPS) is 14.1. The molecule has 0 saturated carbocycles. The molecule has 2 heterocycles.